The van der Waals surface area contributed by atoms with Gasteiger partial charge in [-0.2, -0.15) is 0 Å². The molecule has 1 aliphatic rings. The van der Waals surface area contributed by atoms with Gasteiger partial charge in [-0.15, -0.1) is 0 Å². The molecule has 2 atom stereocenters. The number of hydrogen-bond acceptors (Lipinski definition) is 4. The van der Waals surface area contributed by atoms with Crippen molar-refractivity contribution < 1.29 is 19.2 Å². The Kier molecular flexibility index (Phi) is 6.54. The van der Waals surface area contributed by atoms with E-state index in [1.54, 1.807) is 4.90 Å². The summed E-state index contributed by atoms with van der Waals surface area (Å²) in [6.07, 6.45) is 0.598. The van der Waals surface area contributed by atoms with Crippen LogP contribution in [0.1, 0.15) is 16.7 Å². The number of rotatable bonds is 6. The van der Waals surface area contributed by atoms with Gasteiger partial charge in [0.25, 0.3) is 5.91 Å². The van der Waals surface area contributed by atoms with Crippen LogP contribution in [0, 0.1) is 0 Å². The normalized spacial score (nSPS) is 17.9. The zero-order valence-corrected chi connectivity index (χ0v) is 17.6. The molecule has 29 heavy (non-hydrogen) atoms. The zero-order valence-electron chi connectivity index (χ0n) is 17.6. The number of likely N-dealkylation sites (N-methyl/N-ethyl adjacent to an activating group) is 1. The Morgan fingerprint density at radius 2 is 1.69 bits per heavy atom. The number of carbonyl (C=O) groups excluding carboxylic acids is 2. The summed E-state index contributed by atoms with van der Waals surface area (Å²) >= 11 is 0. The molecule has 3 rings (SSSR count). The predicted octanol–water partition coefficient (Wildman–Crippen LogP) is 0.894. The van der Waals surface area contributed by atoms with Crippen LogP contribution in [0.15, 0.2) is 48.5 Å². The first-order valence-corrected chi connectivity index (χ1v) is 9.88. The summed E-state index contributed by atoms with van der Waals surface area (Å²) in [5.74, 6) is -0.241. The van der Waals surface area contributed by atoms with Gasteiger partial charge >= 0.3 is 5.97 Å². The first-order valence-electron chi connectivity index (χ1n) is 9.88. The van der Waals surface area contributed by atoms with Gasteiger partial charge in [0.05, 0.1) is 7.11 Å². The molecular weight excluding hydrogens is 366 g/mol. The highest BCUT2D eigenvalue weighted by Crippen LogP contribution is 2.15. The number of anilines is 1. The van der Waals surface area contributed by atoms with Gasteiger partial charge in [-0.1, -0.05) is 36.4 Å². The number of amides is 1. The van der Waals surface area contributed by atoms with Crippen LogP contribution in [0.4, 0.5) is 5.69 Å². The third-order valence-corrected chi connectivity index (χ3v) is 5.61. The Morgan fingerprint density at radius 3 is 2.31 bits per heavy atom. The van der Waals surface area contributed by atoms with E-state index in [1.165, 1.54) is 12.7 Å². The molecule has 0 saturated carbocycles. The second-order valence-corrected chi connectivity index (χ2v) is 7.87. The molecule has 0 spiro atoms. The maximum absolute atomic E-state index is 12.9. The van der Waals surface area contributed by atoms with Gasteiger partial charge in [0.15, 0.2) is 12.6 Å². The Balaban J connectivity index is 1.67. The van der Waals surface area contributed by atoms with Crippen molar-refractivity contribution in [3.8, 4) is 0 Å². The van der Waals surface area contributed by atoms with E-state index in [2.05, 4.69) is 6.07 Å². The topological polar surface area (TPSA) is 54.3 Å². The van der Waals surface area contributed by atoms with E-state index < -0.39 is 0 Å². The van der Waals surface area contributed by atoms with Crippen LogP contribution in [0.2, 0.25) is 0 Å². The lowest BCUT2D eigenvalue weighted by Gasteiger charge is -2.32. The summed E-state index contributed by atoms with van der Waals surface area (Å²) in [6.45, 7) is 1.45. The lowest BCUT2D eigenvalue weighted by atomic mass is 9.94. The van der Waals surface area contributed by atoms with Crippen molar-refractivity contribution in [2.24, 2.45) is 0 Å². The standard InChI is InChI=1S/C23H29N3O3/c1-24(2)20-11-9-17(10-12-20)14-25(3)22(27)16-26-15-19-8-6-5-7-18(19)13-21(26)23(28)29-4/h5-12,21H,13-16H2,1-4H3/p+1/t21-/m0/s1. The molecule has 154 valence electrons. The Hall–Kier alpha value is -2.86. The Morgan fingerprint density at radius 1 is 1.03 bits per heavy atom. The smallest absolute Gasteiger partial charge is 0.365 e. The quantitative estimate of drug-likeness (QED) is 0.737. The third kappa shape index (κ3) is 4.95. The Labute approximate surface area is 172 Å². The SMILES string of the molecule is COC(=O)[C@@H]1Cc2ccccc2C[NH+]1CC(=O)N(C)Cc1ccc(N(C)C)cc1. The highest BCUT2D eigenvalue weighted by atomic mass is 16.5. The van der Waals surface area contributed by atoms with Crippen LogP contribution < -0.4 is 9.80 Å². The molecule has 2 aromatic rings. The van der Waals surface area contributed by atoms with Crippen LogP contribution in [0.5, 0.6) is 0 Å². The minimum absolute atomic E-state index is 0.0185. The molecule has 0 aromatic heterocycles. The number of nitrogens with zero attached hydrogens (tertiary/aromatic N) is 2. The van der Waals surface area contributed by atoms with Gasteiger partial charge in [0.2, 0.25) is 0 Å². The number of esters is 1. The second kappa shape index (κ2) is 9.09. The number of benzene rings is 2. The molecule has 6 heteroatoms. The lowest BCUT2D eigenvalue weighted by Crippen LogP contribution is -3.17. The highest BCUT2D eigenvalue weighted by molar-refractivity contribution is 5.78. The van der Waals surface area contributed by atoms with E-state index in [-0.39, 0.29) is 24.5 Å². The van der Waals surface area contributed by atoms with Crippen LogP contribution in [0.3, 0.4) is 0 Å². The van der Waals surface area contributed by atoms with Gasteiger partial charge in [-0.25, -0.2) is 4.79 Å². The maximum Gasteiger partial charge on any atom is 0.365 e. The molecule has 1 unspecified atom stereocenters. The number of carbonyl (C=O) groups is 2. The van der Waals surface area contributed by atoms with Crippen LogP contribution in [0.25, 0.3) is 0 Å². The van der Waals surface area contributed by atoms with E-state index in [0.29, 0.717) is 19.5 Å². The van der Waals surface area contributed by atoms with Crippen molar-refractivity contribution in [3.63, 3.8) is 0 Å². The molecule has 0 bridgehead atoms. The molecule has 0 fully saturated rings. The first kappa shape index (κ1) is 20.9. The fourth-order valence-corrected chi connectivity index (χ4v) is 3.83. The van der Waals surface area contributed by atoms with Crippen molar-refractivity contribution >= 4 is 17.6 Å². The summed E-state index contributed by atoms with van der Waals surface area (Å²) in [7, 11) is 7.22. The summed E-state index contributed by atoms with van der Waals surface area (Å²) < 4.78 is 5.01. The molecule has 2 aromatic carbocycles. The van der Waals surface area contributed by atoms with Crippen molar-refractivity contribution in [2.45, 2.75) is 25.6 Å². The number of ether oxygens (including phenoxy) is 1. The molecule has 0 aliphatic carbocycles. The van der Waals surface area contributed by atoms with Gasteiger partial charge in [0.1, 0.15) is 6.54 Å². The minimum atomic E-state index is -0.355. The van der Waals surface area contributed by atoms with E-state index in [1.807, 2.05) is 68.5 Å². The average molecular weight is 397 g/mol. The zero-order chi connectivity index (χ0) is 21.0. The van der Waals surface area contributed by atoms with Crippen molar-refractivity contribution in [2.75, 3.05) is 39.7 Å². The number of hydrogen-bond donors (Lipinski definition) is 1. The van der Waals surface area contributed by atoms with E-state index >= 15 is 0 Å². The minimum Gasteiger partial charge on any atom is -0.465 e. The molecule has 1 amide bonds. The number of methoxy groups -OCH3 is 1. The molecule has 1 N–H and O–H groups in total. The Bertz CT molecular complexity index is 864. The van der Waals surface area contributed by atoms with Gasteiger partial charge in [-0.05, 0) is 23.3 Å². The second-order valence-electron chi connectivity index (χ2n) is 7.87. The fraction of sp³-hybridized carbons (Fsp3) is 0.391. The third-order valence-electron chi connectivity index (χ3n) is 5.61. The van der Waals surface area contributed by atoms with Crippen LogP contribution in [-0.4, -0.2) is 57.6 Å². The van der Waals surface area contributed by atoms with E-state index in [0.717, 1.165) is 21.7 Å². The van der Waals surface area contributed by atoms with Gasteiger partial charge < -0.3 is 19.4 Å². The largest absolute Gasteiger partial charge is 0.465 e. The first-order chi connectivity index (χ1) is 13.9. The van der Waals surface area contributed by atoms with Crippen molar-refractivity contribution in [1.82, 2.24) is 4.90 Å². The van der Waals surface area contributed by atoms with E-state index in [4.69, 9.17) is 4.74 Å². The lowest BCUT2D eigenvalue weighted by molar-refractivity contribution is -0.925. The molecule has 6 nitrogen and oxygen atoms in total. The summed E-state index contributed by atoms with van der Waals surface area (Å²) in [5.41, 5.74) is 4.56. The predicted molar refractivity (Wildman–Crippen MR) is 113 cm³/mol. The summed E-state index contributed by atoms with van der Waals surface area (Å²) in [6, 6.07) is 15.9. The molecular formula is C23H30N3O3+. The van der Waals surface area contributed by atoms with Gasteiger partial charge in [-0.3, -0.25) is 4.79 Å². The molecule has 0 saturated heterocycles. The number of fused-ring (bicyclic) bond motifs is 1. The molecule has 1 heterocycles. The summed E-state index contributed by atoms with van der Waals surface area (Å²) in [4.78, 5) is 30.0. The average Bonchev–Trinajstić information content (AvgIpc) is 2.73. The van der Waals surface area contributed by atoms with Crippen LogP contribution in [-0.2, 0) is 33.8 Å². The summed E-state index contributed by atoms with van der Waals surface area (Å²) in [5, 5.41) is 0. The monoisotopic (exact) mass is 396 g/mol. The van der Waals surface area contributed by atoms with Crippen molar-refractivity contribution in [1.29, 1.82) is 0 Å². The highest BCUT2D eigenvalue weighted by Gasteiger charge is 2.37. The number of quaternary nitrogens is 1. The van der Waals surface area contributed by atoms with E-state index in [9.17, 15) is 9.59 Å². The fourth-order valence-electron chi connectivity index (χ4n) is 3.83. The maximum atomic E-state index is 12.9. The molecule has 1 aliphatic heterocycles. The van der Waals surface area contributed by atoms with Gasteiger partial charge in [0, 0.05) is 45.4 Å². The van der Waals surface area contributed by atoms with Crippen molar-refractivity contribution in [3.05, 3.63) is 65.2 Å². The van der Waals surface area contributed by atoms with Crippen LogP contribution >= 0.6 is 0 Å². The molecule has 0 radical (unpaired) electrons. The number of nitrogens with one attached hydrogen (secondary N) is 1.